The van der Waals surface area contributed by atoms with Crippen molar-refractivity contribution in [1.82, 2.24) is 15.3 Å². The van der Waals surface area contributed by atoms with Gasteiger partial charge in [0.2, 0.25) is 10.0 Å². The van der Waals surface area contributed by atoms with Gasteiger partial charge in [0.15, 0.2) is 5.69 Å². The molecule has 1 aromatic rings. The van der Waals surface area contributed by atoms with E-state index in [-0.39, 0.29) is 30.3 Å². The zero-order valence-electron chi connectivity index (χ0n) is 12.0. The number of hydrogen-bond acceptors (Lipinski definition) is 7. The molecule has 118 valence electrons. The first-order valence-electron chi connectivity index (χ1n) is 6.37. The molecule has 0 saturated carbocycles. The van der Waals surface area contributed by atoms with Crippen molar-refractivity contribution in [2.75, 3.05) is 17.7 Å². The zero-order chi connectivity index (χ0) is 16.0. The molecule has 0 radical (unpaired) electrons. The molecule has 0 bridgehead atoms. The monoisotopic (exact) mass is 316 g/mol. The van der Waals surface area contributed by atoms with Gasteiger partial charge in [0.05, 0.1) is 17.6 Å². The first kappa shape index (κ1) is 17.3. The highest BCUT2D eigenvalue weighted by molar-refractivity contribution is 7.89. The van der Waals surface area contributed by atoms with Crippen LogP contribution in [0.15, 0.2) is 6.20 Å². The van der Waals surface area contributed by atoms with E-state index in [2.05, 4.69) is 20.7 Å². The lowest BCUT2D eigenvalue weighted by molar-refractivity contribution is 0.0949. The number of aromatic nitrogens is 2. The quantitative estimate of drug-likeness (QED) is 0.294. The summed E-state index contributed by atoms with van der Waals surface area (Å²) in [6.45, 7) is 3.97. The van der Waals surface area contributed by atoms with Crippen molar-refractivity contribution in [2.45, 2.75) is 26.2 Å². The van der Waals surface area contributed by atoms with Gasteiger partial charge in [-0.05, 0) is 6.42 Å². The summed E-state index contributed by atoms with van der Waals surface area (Å²) in [5.41, 5.74) is 2.77. The Morgan fingerprint density at radius 3 is 2.62 bits per heavy atom. The van der Waals surface area contributed by atoms with Crippen LogP contribution in [-0.4, -0.2) is 36.6 Å². The van der Waals surface area contributed by atoms with E-state index >= 15 is 0 Å². The molecule has 1 amide bonds. The Morgan fingerprint density at radius 2 is 2.10 bits per heavy atom. The van der Waals surface area contributed by atoms with Gasteiger partial charge in [-0.1, -0.05) is 13.8 Å². The van der Waals surface area contributed by atoms with Crippen LogP contribution >= 0.6 is 0 Å². The maximum Gasteiger partial charge on any atom is 0.272 e. The SMILES string of the molecule is CC(C)c1ncc(NN)c(C(=O)NCCCS(N)(=O)=O)n1. The first-order chi connectivity index (χ1) is 9.74. The standard InChI is InChI=1S/C11H20N6O3S/c1-7(2)10-15-6-8(17-12)9(16-10)11(18)14-4-3-5-21(13,19)20/h6-7,17H,3-5,12H2,1-2H3,(H,14,18)(H2,13,19,20). The smallest absolute Gasteiger partial charge is 0.272 e. The molecule has 0 aliphatic rings. The summed E-state index contributed by atoms with van der Waals surface area (Å²) in [6.07, 6.45) is 1.65. The van der Waals surface area contributed by atoms with Gasteiger partial charge in [-0.2, -0.15) is 0 Å². The van der Waals surface area contributed by atoms with Crippen LogP contribution in [0.2, 0.25) is 0 Å². The van der Waals surface area contributed by atoms with E-state index in [9.17, 15) is 13.2 Å². The molecule has 0 aliphatic carbocycles. The number of anilines is 1. The van der Waals surface area contributed by atoms with Crippen LogP contribution in [0.5, 0.6) is 0 Å². The Bertz CT molecular complexity index is 602. The molecular formula is C11H20N6O3S. The second kappa shape index (κ2) is 7.29. The van der Waals surface area contributed by atoms with E-state index in [0.29, 0.717) is 11.5 Å². The molecule has 0 aromatic carbocycles. The molecule has 0 atom stereocenters. The van der Waals surface area contributed by atoms with E-state index in [1.165, 1.54) is 6.20 Å². The summed E-state index contributed by atoms with van der Waals surface area (Å²) in [7, 11) is -3.53. The number of rotatable bonds is 7. The van der Waals surface area contributed by atoms with Gasteiger partial charge in [-0.25, -0.2) is 23.5 Å². The van der Waals surface area contributed by atoms with Crippen LogP contribution in [0, 0.1) is 0 Å². The highest BCUT2D eigenvalue weighted by atomic mass is 32.2. The maximum absolute atomic E-state index is 12.0. The minimum absolute atomic E-state index is 0.0609. The second-order valence-corrected chi connectivity index (χ2v) is 6.50. The van der Waals surface area contributed by atoms with Crippen molar-refractivity contribution in [3.05, 3.63) is 17.7 Å². The number of nitrogen functional groups attached to an aromatic ring is 1. The average molecular weight is 316 g/mol. The van der Waals surface area contributed by atoms with Crippen LogP contribution in [0.1, 0.15) is 42.5 Å². The Hall–Kier alpha value is -1.78. The predicted molar refractivity (Wildman–Crippen MR) is 78.9 cm³/mol. The highest BCUT2D eigenvalue weighted by Gasteiger charge is 2.16. The molecule has 9 nitrogen and oxygen atoms in total. The van der Waals surface area contributed by atoms with Crippen LogP contribution in [0.25, 0.3) is 0 Å². The number of carbonyl (C=O) groups is 1. The summed E-state index contributed by atoms with van der Waals surface area (Å²) >= 11 is 0. The summed E-state index contributed by atoms with van der Waals surface area (Å²) < 4.78 is 21.6. The molecule has 6 N–H and O–H groups in total. The van der Waals surface area contributed by atoms with Gasteiger partial charge in [0.1, 0.15) is 5.82 Å². The van der Waals surface area contributed by atoms with Crippen molar-refractivity contribution in [3.8, 4) is 0 Å². The molecule has 0 spiro atoms. The van der Waals surface area contributed by atoms with Gasteiger partial charge < -0.3 is 10.7 Å². The lowest BCUT2D eigenvalue weighted by atomic mass is 10.2. The number of amides is 1. The fourth-order valence-corrected chi connectivity index (χ4v) is 2.06. The van der Waals surface area contributed by atoms with E-state index in [1.54, 1.807) is 0 Å². The van der Waals surface area contributed by atoms with Crippen molar-refractivity contribution < 1.29 is 13.2 Å². The number of primary sulfonamides is 1. The van der Waals surface area contributed by atoms with Gasteiger partial charge in [-0.3, -0.25) is 10.6 Å². The summed E-state index contributed by atoms with van der Waals surface area (Å²) in [6, 6.07) is 0. The third kappa shape index (κ3) is 5.61. The van der Waals surface area contributed by atoms with E-state index in [1.807, 2.05) is 13.8 Å². The number of hydrogen-bond donors (Lipinski definition) is 4. The molecule has 0 saturated heterocycles. The number of hydrazine groups is 1. The fourth-order valence-electron chi connectivity index (χ4n) is 1.51. The normalized spacial score (nSPS) is 11.5. The van der Waals surface area contributed by atoms with Gasteiger partial charge in [-0.15, -0.1) is 0 Å². The number of nitrogens with two attached hydrogens (primary N) is 2. The summed E-state index contributed by atoms with van der Waals surface area (Å²) in [5, 5.41) is 7.44. The Morgan fingerprint density at radius 1 is 1.43 bits per heavy atom. The lowest BCUT2D eigenvalue weighted by Gasteiger charge is -2.11. The summed E-state index contributed by atoms with van der Waals surface area (Å²) in [5.74, 6) is 5.24. The number of nitrogens with one attached hydrogen (secondary N) is 2. The maximum atomic E-state index is 12.0. The van der Waals surface area contributed by atoms with E-state index in [4.69, 9.17) is 11.0 Å². The number of carbonyl (C=O) groups excluding carboxylic acids is 1. The molecule has 0 unspecified atom stereocenters. The predicted octanol–water partition coefficient (Wildman–Crippen LogP) is -0.706. The molecule has 1 rings (SSSR count). The number of sulfonamides is 1. The van der Waals surface area contributed by atoms with Crippen molar-refractivity contribution in [2.24, 2.45) is 11.0 Å². The molecule has 0 fully saturated rings. The van der Waals surface area contributed by atoms with Crippen LogP contribution < -0.4 is 21.7 Å². The molecule has 0 aliphatic heterocycles. The third-order valence-corrected chi connectivity index (χ3v) is 3.44. The third-order valence-electron chi connectivity index (χ3n) is 2.59. The Labute approximate surface area is 123 Å². The van der Waals surface area contributed by atoms with Crippen molar-refractivity contribution in [3.63, 3.8) is 0 Å². The first-order valence-corrected chi connectivity index (χ1v) is 8.08. The number of nitrogens with zero attached hydrogens (tertiary/aromatic N) is 2. The topological polar surface area (TPSA) is 153 Å². The molecule has 21 heavy (non-hydrogen) atoms. The average Bonchev–Trinajstić information content (AvgIpc) is 2.41. The van der Waals surface area contributed by atoms with E-state index < -0.39 is 15.9 Å². The Kier molecular flexibility index (Phi) is 6.00. The minimum Gasteiger partial charge on any atom is -0.351 e. The second-order valence-electron chi connectivity index (χ2n) is 4.77. The summed E-state index contributed by atoms with van der Waals surface area (Å²) in [4.78, 5) is 20.3. The largest absolute Gasteiger partial charge is 0.351 e. The van der Waals surface area contributed by atoms with Gasteiger partial charge in [0, 0.05) is 12.5 Å². The van der Waals surface area contributed by atoms with Crippen LogP contribution in [0.4, 0.5) is 5.69 Å². The highest BCUT2D eigenvalue weighted by Crippen LogP contribution is 2.15. The molecule has 1 aromatic heterocycles. The fraction of sp³-hybridized carbons (Fsp3) is 0.545. The van der Waals surface area contributed by atoms with Crippen molar-refractivity contribution in [1.29, 1.82) is 0 Å². The van der Waals surface area contributed by atoms with Crippen LogP contribution in [0.3, 0.4) is 0 Å². The Balaban J connectivity index is 2.74. The minimum atomic E-state index is -3.53. The van der Waals surface area contributed by atoms with Crippen LogP contribution in [-0.2, 0) is 10.0 Å². The molecular weight excluding hydrogens is 296 g/mol. The zero-order valence-corrected chi connectivity index (χ0v) is 12.8. The van der Waals surface area contributed by atoms with Gasteiger partial charge >= 0.3 is 0 Å². The van der Waals surface area contributed by atoms with Gasteiger partial charge in [0.25, 0.3) is 5.91 Å². The van der Waals surface area contributed by atoms with Crippen molar-refractivity contribution >= 4 is 21.6 Å². The molecule has 1 heterocycles. The lowest BCUT2D eigenvalue weighted by Crippen LogP contribution is -2.29. The van der Waals surface area contributed by atoms with E-state index in [0.717, 1.165) is 0 Å². The molecule has 10 heteroatoms.